The molecule has 0 aromatic carbocycles. The van der Waals surface area contributed by atoms with E-state index in [0.717, 1.165) is 0 Å². The molecular weight excluding hydrogens is 318 g/mol. The first-order valence-electron chi connectivity index (χ1n) is 5.37. The average molecular weight is 332 g/mol. The van der Waals surface area contributed by atoms with Crippen LogP contribution in [0.4, 0.5) is 10.6 Å². The zero-order valence-electron chi connectivity index (χ0n) is 10.9. The highest BCUT2D eigenvalue weighted by molar-refractivity contribution is 9.10. The van der Waals surface area contributed by atoms with Crippen molar-refractivity contribution < 1.29 is 19.4 Å². The van der Waals surface area contributed by atoms with Crippen molar-refractivity contribution in [2.24, 2.45) is 0 Å². The van der Waals surface area contributed by atoms with Crippen molar-refractivity contribution in [2.45, 2.75) is 33.3 Å². The molecule has 0 aliphatic carbocycles. The summed E-state index contributed by atoms with van der Waals surface area (Å²) >= 11 is 3.08. The van der Waals surface area contributed by atoms with Crippen LogP contribution in [0.5, 0.6) is 0 Å². The van der Waals surface area contributed by atoms with Crippen LogP contribution < -0.4 is 5.32 Å². The molecule has 2 N–H and O–H groups in total. The summed E-state index contributed by atoms with van der Waals surface area (Å²) in [6.07, 6.45) is -0.786. The number of hydrogen-bond donors (Lipinski definition) is 2. The van der Waals surface area contributed by atoms with Gasteiger partial charge < -0.3 is 9.84 Å². The molecule has 7 nitrogen and oxygen atoms in total. The van der Waals surface area contributed by atoms with Crippen LogP contribution in [0, 0.1) is 6.92 Å². The lowest BCUT2D eigenvalue weighted by Crippen LogP contribution is -2.28. The fraction of sp³-hybridized carbons (Fsp3) is 0.455. The van der Waals surface area contributed by atoms with Crippen LogP contribution in [-0.2, 0) is 4.74 Å². The van der Waals surface area contributed by atoms with Crippen molar-refractivity contribution in [1.82, 2.24) is 9.97 Å². The number of ether oxygens (including phenoxy) is 1. The Balaban J connectivity index is 3.03. The number of rotatable bonds is 2. The van der Waals surface area contributed by atoms with Crippen molar-refractivity contribution in [3.05, 3.63) is 16.0 Å². The predicted octanol–water partition coefficient (Wildman–Crippen LogP) is 2.59. The van der Waals surface area contributed by atoms with Crippen LogP contribution in [-0.4, -0.2) is 32.7 Å². The van der Waals surface area contributed by atoms with E-state index in [9.17, 15) is 9.59 Å². The Labute approximate surface area is 118 Å². The van der Waals surface area contributed by atoms with E-state index >= 15 is 0 Å². The SMILES string of the molecule is Cc1nc(NC(=O)OC(C)(C)C)c(C(=O)O)nc1Br. The summed E-state index contributed by atoms with van der Waals surface area (Å²) in [5.74, 6) is -1.44. The van der Waals surface area contributed by atoms with Crippen LogP contribution in [0.1, 0.15) is 37.0 Å². The largest absolute Gasteiger partial charge is 0.476 e. The highest BCUT2D eigenvalue weighted by Crippen LogP contribution is 2.19. The second-order valence-corrected chi connectivity index (χ2v) is 5.48. The zero-order chi connectivity index (χ0) is 14.8. The second kappa shape index (κ2) is 5.52. The summed E-state index contributed by atoms with van der Waals surface area (Å²) in [7, 11) is 0. The average Bonchev–Trinajstić information content (AvgIpc) is 2.19. The van der Waals surface area contributed by atoms with Gasteiger partial charge in [-0.1, -0.05) is 0 Å². The smallest absolute Gasteiger partial charge is 0.413 e. The molecule has 0 spiro atoms. The molecule has 0 aliphatic heterocycles. The van der Waals surface area contributed by atoms with Crippen molar-refractivity contribution in [3.8, 4) is 0 Å². The maximum Gasteiger partial charge on any atom is 0.413 e. The Bertz CT molecular complexity index is 525. The van der Waals surface area contributed by atoms with Gasteiger partial charge in [-0.3, -0.25) is 5.32 Å². The molecule has 1 aromatic heterocycles. The van der Waals surface area contributed by atoms with Crippen molar-refractivity contribution in [2.75, 3.05) is 5.32 Å². The maximum absolute atomic E-state index is 11.6. The Morgan fingerprint density at radius 1 is 1.32 bits per heavy atom. The summed E-state index contributed by atoms with van der Waals surface area (Å²) in [5, 5.41) is 11.3. The Kier molecular flexibility index (Phi) is 4.46. The molecule has 19 heavy (non-hydrogen) atoms. The molecule has 1 heterocycles. The van der Waals surface area contributed by atoms with Gasteiger partial charge in [0.2, 0.25) is 0 Å². The van der Waals surface area contributed by atoms with E-state index in [0.29, 0.717) is 10.3 Å². The number of hydrogen-bond acceptors (Lipinski definition) is 5. The predicted molar refractivity (Wildman–Crippen MR) is 71.3 cm³/mol. The Morgan fingerprint density at radius 2 is 1.89 bits per heavy atom. The third kappa shape index (κ3) is 4.47. The lowest BCUT2D eigenvalue weighted by molar-refractivity contribution is 0.0635. The van der Waals surface area contributed by atoms with E-state index in [4.69, 9.17) is 9.84 Å². The summed E-state index contributed by atoms with van der Waals surface area (Å²) in [5.41, 5.74) is -0.593. The number of carboxylic acids is 1. The molecule has 0 atom stereocenters. The molecule has 0 bridgehead atoms. The standard InChI is InChI=1S/C11H14BrN3O4/c1-5-7(12)14-6(9(16)17)8(13-5)15-10(18)19-11(2,3)4/h1-4H3,(H,16,17)(H,13,15,18). The van der Waals surface area contributed by atoms with Crippen LogP contribution in [0.25, 0.3) is 0 Å². The highest BCUT2D eigenvalue weighted by atomic mass is 79.9. The van der Waals surface area contributed by atoms with Crippen molar-refractivity contribution in [1.29, 1.82) is 0 Å². The van der Waals surface area contributed by atoms with Crippen LogP contribution in [0.2, 0.25) is 0 Å². The monoisotopic (exact) mass is 331 g/mol. The molecule has 0 saturated carbocycles. The molecular formula is C11H14BrN3O4. The minimum absolute atomic E-state index is 0.151. The highest BCUT2D eigenvalue weighted by Gasteiger charge is 2.21. The number of carbonyl (C=O) groups is 2. The fourth-order valence-electron chi connectivity index (χ4n) is 1.14. The number of aryl methyl sites for hydroxylation is 1. The normalized spacial score (nSPS) is 11.0. The van der Waals surface area contributed by atoms with E-state index in [2.05, 4.69) is 31.2 Å². The first-order valence-corrected chi connectivity index (χ1v) is 6.17. The van der Waals surface area contributed by atoms with E-state index < -0.39 is 17.7 Å². The van der Waals surface area contributed by atoms with Gasteiger partial charge in [0.05, 0.1) is 5.69 Å². The number of halogens is 1. The molecule has 0 unspecified atom stereocenters. The van der Waals surface area contributed by atoms with Gasteiger partial charge in [0.15, 0.2) is 11.5 Å². The van der Waals surface area contributed by atoms with Gasteiger partial charge >= 0.3 is 12.1 Å². The molecule has 0 saturated heterocycles. The quantitative estimate of drug-likeness (QED) is 0.863. The van der Waals surface area contributed by atoms with Gasteiger partial charge in [-0.25, -0.2) is 19.6 Å². The minimum atomic E-state index is -1.29. The van der Waals surface area contributed by atoms with Crippen LogP contribution in [0.15, 0.2) is 4.60 Å². The Hall–Kier alpha value is -1.70. The van der Waals surface area contributed by atoms with Crippen molar-refractivity contribution >= 4 is 33.8 Å². The molecule has 0 fully saturated rings. The topological polar surface area (TPSA) is 101 Å². The van der Waals surface area contributed by atoms with Gasteiger partial charge in [-0.15, -0.1) is 0 Å². The molecule has 1 rings (SSSR count). The number of nitrogens with zero attached hydrogens (tertiary/aromatic N) is 2. The molecule has 0 aliphatic rings. The summed E-state index contributed by atoms with van der Waals surface area (Å²) in [4.78, 5) is 30.4. The summed E-state index contributed by atoms with van der Waals surface area (Å²) in [6.45, 7) is 6.72. The van der Waals surface area contributed by atoms with E-state index in [1.807, 2.05) is 0 Å². The van der Waals surface area contributed by atoms with Gasteiger partial charge in [-0.2, -0.15) is 0 Å². The molecule has 0 radical (unpaired) electrons. The zero-order valence-corrected chi connectivity index (χ0v) is 12.5. The number of nitrogens with one attached hydrogen (secondary N) is 1. The first-order chi connectivity index (χ1) is 8.60. The van der Waals surface area contributed by atoms with Crippen LogP contribution in [0.3, 0.4) is 0 Å². The molecule has 8 heteroatoms. The van der Waals surface area contributed by atoms with E-state index in [1.54, 1.807) is 27.7 Å². The number of amides is 1. The molecule has 1 amide bonds. The fourth-order valence-corrected chi connectivity index (χ4v) is 1.40. The maximum atomic E-state index is 11.6. The minimum Gasteiger partial charge on any atom is -0.476 e. The number of carboxylic acid groups (broad SMARTS) is 1. The van der Waals surface area contributed by atoms with E-state index in [1.165, 1.54) is 0 Å². The number of aromatic nitrogens is 2. The third-order valence-corrected chi connectivity index (χ3v) is 2.59. The summed E-state index contributed by atoms with van der Waals surface area (Å²) < 4.78 is 5.33. The first kappa shape index (κ1) is 15.4. The van der Waals surface area contributed by atoms with Gasteiger partial charge in [-0.05, 0) is 43.6 Å². The van der Waals surface area contributed by atoms with Crippen molar-refractivity contribution in [3.63, 3.8) is 0 Å². The summed E-state index contributed by atoms with van der Waals surface area (Å²) in [6, 6.07) is 0. The lowest BCUT2D eigenvalue weighted by atomic mass is 10.2. The second-order valence-electron chi connectivity index (χ2n) is 4.73. The molecule has 104 valence electrons. The molecule has 1 aromatic rings. The lowest BCUT2D eigenvalue weighted by Gasteiger charge is -2.19. The Morgan fingerprint density at radius 3 is 2.37 bits per heavy atom. The van der Waals surface area contributed by atoms with Gasteiger partial charge in [0.1, 0.15) is 10.2 Å². The number of carbonyl (C=O) groups excluding carboxylic acids is 1. The third-order valence-electron chi connectivity index (χ3n) is 1.83. The van der Waals surface area contributed by atoms with E-state index in [-0.39, 0.29) is 11.5 Å². The number of aromatic carboxylic acids is 1. The number of anilines is 1. The van der Waals surface area contributed by atoms with Crippen LogP contribution >= 0.6 is 15.9 Å². The van der Waals surface area contributed by atoms with Gasteiger partial charge in [0.25, 0.3) is 0 Å². The van der Waals surface area contributed by atoms with Gasteiger partial charge in [0, 0.05) is 0 Å².